The molecule has 1 amide bonds. The molecule has 5 unspecified atom stereocenters. The molecule has 7 N–H and O–H groups in total. The van der Waals surface area contributed by atoms with E-state index in [0.29, 0.717) is 24.7 Å². The largest absolute Gasteiger partial charge is 0.394 e. The highest BCUT2D eigenvalue weighted by atomic mass is 16.5. The highest BCUT2D eigenvalue weighted by molar-refractivity contribution is 5.85. The molecule has 0 saturated heterocycles. The van der Waals surface area contributed by atoms with Gasteiger partial charge in [-0.15, -0.1) is 0 Å². The summed E-state index contributed by atoms with van der Waals surface area (Å²) in [5.74, 6) is 0.147. The van der Waals surface area contributed by atoms with Crippen molar-refractivity contribution in [3.63, 3.8) is 0 Å². The molecule has 0 spiro atoms. The molecule has 0 aliphatic heterocycles. The SMILES string of the molecule is C[C@H](O)C(CO)OC(NC(=O)[C@]12CCC(C)(C)CC1C1=CCC3[C@@]4(C)CC[C@H](O)C(C)(C)C4CC[C@@]3(C)[C@]1(C)C[C@H]2O)[C@H](O)CO. The first-order valence-corrected chi connectivity index (χ1v) is 17.9. The van der Waals surface area contributed by atoms with Crippen molar-refractivity contribution in [1.29, 1.82) is 0 Å². The van der Waals surface area contributed by atoms with E-state index in [1.165, 1.54) is 12.5 Å². The molecule has 4 saturated carbocycles. The summed E-state index contributed by atoms with van der Waals surface area (Å²) in [4.78, 5) is 14.6. The number of fused-ring (bicyclic) bond motifs is 7. The average molecular weight is 650 g/mol. The highest BCUT2D eigenvalue weighted by Gasteiger charge is 2.71. The van der Waals surface area contributed by atoms with Crippen LogP contribution in [0.2, 0.25) is 0 Å². The van der Waals surface area contributed by atoms with E-state index in [1.807, 2.05) is 0 Å². The quantitative estimate of drug-likeness (QED) is 0.155. The number of ether oxygens (including phenoxy) is 1. The van der Waals surface area contributed by atoms with Gasteiger partial charge in [-0.3, -0.25) is 4.79 Å². The molecule has 4 fully saturated rings. The molecular weight excluding hydrogens is 586 g/mol. The van der Waals surface area contributed by atoms with E-state index >= 15 is 0 Å². The lowest BCUT2D eigenvalue weighted by Crippen LogP contribution is -2.69. The van der Waals surface area contributed by atoms with Gasteiger partial charge in [0.2, 0.25) is 5.91 Å². The van der Waals surface area contributed by atoms with Crippen molar-refractivity contribution in [3.05, 3.63) is 11.6 Å². The maximum atomic E-state index is 14.6. The van der Waals surface area contributed by atoms with E-state index in [1.54, 1.807) is 0 Å². The molecule has 0 radical (unpaired) electrons. The second-order valence-corrected chi connectivity index (χ2v) is 18.1. The van der Waals surface area contributed by atoms with Gasteiger partial charge in [-0.05, 0) is 110 Å². The number of nitrogens with one attached hydrogen (secondary N) is 1. The van der Waals surface area contributed by atoms with E-state index in [-0.39, 0.29) is 39.1 Å². The molecule has 46 heavy (non-hydrogen) atoms. The van der Waals surface area contributed by atoms with Crippen LogP contribution in [0.5, 0.6) is 0 Å². The summed E-state index contributed by atoms with van der Waals surface area (Å²) in [6, 6.07) is 0. The molecule has 0 aromatic carbocycles. The molecule has 0 bridgehead atoms. The predicted octanol–water partition coefficient (Wildman–Crippen LogP) is 3.67. The number of hydrogen-bond donors (Lipinski definition) is 7. The van der Waals surface area contributed by atoms with Crippen LogP contribution in [0.4, 0.5) is 0 Å². The van der Waals surface area contributed by atoms with Crippen LogP contribution in [0.25, 0.3) is 0 Å². The Bertz CT molecular complexity index is 1190. The minimum absolute atomic E-state index is 0.0486. The Hall–Kier alpha value is -1.07. The second-order valence-electron chi connectivity index (χ2n) is 18.1. The van der Waals surface area contributed by atoms with Crippen LogP contribution in [0.3, 0.4) is 0 Å². The minimum atomic E-state index is -1.49. The fraction of sp³-hybridized carbons (Fsp3) is 0.919. The van der Waals surface area contributed by atoms with Crippen molar-refractivity contribution in [2.24, 2.45) is 50.2 Å². The number of aliphatic hydroxyl groups is 6. The Balaban J connectivity index is 1.55. The standard InChI is InChI=1S/C37H63NO8/c1-21(41)25(20-40)46-30(24(42)19-39)38-31(45)37-16-15-32(2,3)17-23(37)22-9-10-27-34(6)13-12-28(43)33(4,5)26(34)11-14-35(27,7)36(22,8)18-29(37)44/h9,21,23-30,39-44H,10-20H2,1-8H3,(H,38,45)/t21-,23?,24+,25?,26?,27?,28-,29+,30?,34-,35+,36+,37+/m0/s1. The fourth-order valence-corrected chi connectivity index (χ4v) is 11.8. The Labute approximate surface area is 276 Å². The zero-order chi connectivity index (χ0) is 34.3. The number of amides is 1. The maximum absolute atomic E-state index is 14.6. The molecule has 9 heteroatoms. The van der Waals surface area contributed by atoms with Crippen LogP contribution >= 0.6 is 0 Å². The van der Waals surface area contributed by atoms with Gasteiger partial charge in [0.15, 0.2) is 6.23 Å². The maximum Gasteiger partial charge on any atom is 0.231 e. The Morgan fingerprint density at radius 1 is 0.913 bits per heavy atom. The van der Waals surface area contributed by atoms with Gasteiger partial charge in [0.25, 0.3) is 0 Å². The first-order chi connectivity index (χ1) is 21.2. The van der Waals surface area contributed by atoms with Crippen molar-refractivity contribution in [2.45, 2.75) is 150 Å². The molecule has 9 nitrogen and oxygen atoms in total. The lowest BCUT2D eigenvalue weighted by atomic mass is 9.33. The lowest BCUT2D eigenvalue weighted by molar-refractivity contribution is -0.216. The zero-order valence-electron chi connectivity index (χ0n) is 29.6. The third kappa shape index (κ3) is 5.25. The summed E-state index contributed by atoms with van der Waals surface area (Å²) < 4.78 is 5.77. The second kappa shape index (κ2) is 12.1. The number of carbonyl (C=O) groups excluding carboxylic acids is 1. The van der Waals surface area contributed by atoms with Gasteiger partial charge in [-0.2, -0.15) is 0 Å². The number of rotatable bonds is 8. The van der Waals surface area contributed by atoms with E-state index in [4.69, 9.17) is 4.74 Å². The van der Waals surface area contributed by atoms with Gasteiger partial charge in [0, 0.05) is 0 Å². The van der Waals surface area contributed by atoms with Crippen molar-refractivity contribution in [3.8, 4) is 0 Å². The van der Waals surface area contributed by atoms with Gasteiger partial charge < -0.3 is 40.7 Å². The van der Waals surface area contributed by atoms with Gasteiger partial charge in [0.1, 0.15) is 12.2 Å². The lowest BCUT2D eigenvalue weighted by Gasteiger charge is -2.71. The van der Waals surface area contributed by atoms with Gasteiger partial charge in [-0.25, -0.2) is 0 Å². The minimum Gasteiger partial charge on any atom is -0.394 e. The first-order valence-electron chi connectivity index (χ1n) is 17.9. The van der Waals surface area contributed by atoms with Crippen LogP contribution < -0.4 is 5.32 Å². The smallest absolute Gasteiger partial charge is 0.231 e. The average Bonchev–Trinajstić information content (AvgIpc) is 2.96. The molecule has 0 heterocycles. The van der Waals surface area contributed by atoms with Crippen LogP contribution in [0.15, 0.2) is 11.6 Å². The molecule has 0 aromatic heterocycles. The topological polar surface area (TPSA) is 160 Å². The summed E-state index contributed by atoms with van der Waals surface area (Å²) in [5.41, 5.74) is -0.468. The van der Waals surface area contributed by atoms with Crippen LogP contribution in [0, 0.1) is 50.2 Å². The van der Waals surface area contributed by atoms with Crippen molar-refractivity contribution in [2.75, 3.05) is 13.2 Å². The van der Waals surface area contributed by atoms with Crippen molar-refractivity contribution >= 4 is 5.91 Å². The molecule has 5 aliphatic carbocycles. The Kier molecular flexibility index (Phi) is 9.50. The third-order valence-corrected chi connectivity index (χ3v) is 14.9. The summed E-state index contributed by atoms with van der Waals surface area (Å²) in [7, 11) is 0. The van der Waals surface area contributed by atoms with Gasteiger partial charge in [0.05, 0.1) is 36.9 Å². The predicted molar refractivity (Wildman–Crippen MR) is 175 cm³/mol. The third-order valence-electron chi connectivity index (χ3n) is 14.9. The highest BCUT2D eigenvalue weighted by Crippen LogP contribution is 2.75. The number of allylic oxidation sites excluding steroid dienone is 2. The zero-order valence-corrected chi connectivity index (χ0v) is 29.6. The van der Waals surface area contributed by atoms with Crippen molar-refractivity contribution in [1.82, 2.24) is 5.32 Å². The van der Waals surface area contributed by atoms with E-state index in [9.17, 15) is 35.4 Å². The van der Waals surface area contributed by atoms with E-state index < -0.39 is 55.2 Å². The first kappa shape index (κ1) is 36.2. The van der Waals surface area contributed by atoms with Gasteiger partial charge in [-0.1, -0.05) is 60.1 Å². The molecular formula is C37H63NO8. The number of hydrogen-bond acceptors (Lipinski definition) is 8. The monoisotopic (exact) mass is 649 g/mol. The van der Waals surface area contributed by atoms with E-state index in [0.717, 1.165) is 44.9 Å². The summed E-state index contributed by atoms with van der Waals surface area (Å²) in [6.45, 7) is 16.4. The summed E-state index contributed by atoms with van der Waals surface area (Å²) in [6.07, 6.45) is 3.29. The molecule has 5 aliphatic rings. The van der Waals surface area contributed by atoms with Crippen LogP contribution in [-0.4, -0.2) is 86.5 Å². The molecule has 0 aromatic rings. The number of aliphatic hydroxyl groups excluding tert-OH is 6. The Morgan fingerprint density at radius 3 is 2.20 bits per heavy atom. The molecule has 5 rings (SSSR count). The number of carbonyl (C=O) groups is 1. The summed E-state index contributed by atoms with van der Waals surface area (Å²) >= 11 is 0. The van der Waals surface area contributed by atoms with Crippen molar-refractivity contribution < 1.29 is 40.2 Å². The van der Waals surface area contributed by atoms with Crippen LogP contribution in [-0.2, 0) is 9.53 Å². The summed E-state index contributed by atoms with van der Waals surface area (Å²) in [5, 5.41) is 66.6. The fourth-order valence-electron chi connectivity index (χ4n) is 11.8. The van der Waals surface area contributed by atoms with E-state index in [2.05, 4.69) is 59.9 Å². The Morgan fingerprint density at radius 2 is 1.59 bits per heavy atom. The van der Waals surface area contributed by atoms with Gasteiger partial charge >= 0.3 is 0 Å². The normalized spacial score (nSPS) is 45.4. The van der Waals surface area contributed by atoms with Crippen LogP contribution in [0.1, 0.15) is 113 Å². The molecule has 264 valence electrons. The molecule has 13 atom stereocenters.